The van der Waals surface area contributed by atoms with Gasteiger partial charge in [0, 0.05) is 41.7 Å². The standard InChI is InChI=1S/C20H21N5O4S2/c1-3-24(4-2)31(28,29)18-10-8-16(9-11-18)19-14-30-20(22-19)23-21-13-15-6-5-7-17(12-15)25(26)27/h5-14H,3-4H2,1-2H3,(H,22,23)/b21-13-. The molecule has 0 aliphatic heterocycles. The smallest absolute Gasteiger partial charge is 0.258 e. The van der Waals surface area contributed by atoms with Crippen molar-refractivity contribution in [2.24, 2.45) is 5.10 Å². The number of aromatic nitrogens is 1. The largest absolute Gasteiger partial charge is 0.270 e. The van der Waals surface area contributed by atoms with Gasteiger partial charge in [0.15, 0.2) is 0 Å². The Hall–Kier alpha value is -3.15. The topological polar surface area (TPSA) is 118 Å². The minimum atomic E-state index is -3.50. The lowest BCUT2D eigenvalue weighted by molar-refractivity contribution is -0.384. The summed E-state index contributed by atoms with van der Waals surface area (Å²) in [5, 5.41) is 17.3. The van der Waals surface area contributed by atoms with Crippen LogP contribution in [0.25, 0.3) is 11.3 Å². The van der Waals surface area contributed by atoms with Crippen LogP contribution in [0.4, 0.5) is 10.8 Å². The van der Waals surface area contributed by atoms with Gasteiger partial charge < -0.3 is 0 Å². The van der Waals surface area contributed by atoms with Gasteiger partial charge in [-0.1, -0.05) is 38.1 Å². The molecule has 1 aromatic heterocycles. The molecular weight excluding hydrogens is 438 g/mol. The van der Waals surface area contributed by atoms with Crippen LogP contribution in [0, 0.1) is 10.1 Å². The van der Waals surface area contributed by atoms with Gasteiger partial charge >= 0.3 is 0 Å². The fourth-order valence-corrected chi connectivity index (χ4v) is 4.98. The van der Waals surface area contributed by atoms with Crippen molar-refractivity contribution in [1.82, 2.24) is 9.29 Å². The van der Waals surface area contributed by atoms with E-state index in [4.69, 9.17) is 0 Å². The van der Waals surface area contributed by atoms with Crippen molar-refractivity contribution in [1.29, 1.82) is 0 Å². The number of nitro groups is 1. The Balaban J connectivity index is 1.69. The number of non-ortho nitro benzene ring substituents is 1. The van der Waals surface area contributed by atoms with Crippen molar-refractivity contribution in [3.8, 4) is 11.3 Å². The summed E-state index contributed by atoms with van der Waals surface area (Å²) >= 11 is 1.34. The van der Waals surface area contributed by atoms with Crippen LogP contribution < -0.4 is 5.43 Å². The molecule has 3 rings (SSSR count). The second-order valence-electron chi connectivity index (χ2n) is 6.37. The van der Waals surface area contributed by atoms with Gasteiger partial charge in [-0.05, 0) is 12.1 Å². The van der Waals surface area contributed by atoms with E-state index in [1.807, 2.05) is 5.38 Å². The highest BCUT2D eigenvalue weighted by molar-refractivity contribution is 7.89. The molecule has 0 amide bonds. The minimum absolute atomic E-state index is 0.00746. The van der Waals surface area contributed by atoms with Crippen LogP contribution in [0.15, 0.2) is 63.9 Å². The van der Waals surface area contributed by atoms with Gasteiger partial charge in [0.25, 0.3) is 5.69 Å². The van der Waals surface area contributed by atoms with Crippen LogP contribution in [0.2, 0.25) is 0 Å². The van der Waals surface area contributed by atoms with Crippen molar-refractivity contribution >= 4 is 38.4 Å². The van der Waals surface area contributed by atoms with E-state index >= 15 is 0 Å². The van der Waals surface area contributed by atoms with E-state index in [9.17, 15) is 18.5 Å². The normalized spacial score (nSPS) is 11.8. The molecule has 0 saturated heterocycles. The first kappa shape index (κ1) is 22.5. The second-order valence-corrected chi connectivity index (χ2v) is 9.17. The van der Waals surface area contributed by atoms with Crippen molar-refractivity contribution in [2.45, 2.75) is 18.7 Å². The zero-order valence-corrected chi connectivity index (χ0v) is 18.6. The molecule has 0 radical (unpaired) electrons. The molecule has 11 heteroatoms. The summed E-state index contributed by atoms with van der Waals surface area (Å²) < 4.78 is 26.6. The predicted molar refractivity (Wildman–Crippen MR) is 122 cm³/mol. The first-order valence-electron chi connectivity index (χ1n) is 9.44. The molecule has 0 aliphatic rings. The Morgan fingerprint density at radius 3 is 2.55 bits per heavy atom. The van der Waals surface area contributed by atoms with Crippen molar-refractivity contribution in [3.63, 3.8) is 0 Å². The van der Waals surface area contributed by atoms with Gasteiger partial charge in [-0.15, -0.1) is 11.3 Å². The zero-order valence-electron chi connectivity index (χ0n) is 16.9. The van der Waals surface area contributed by atoms with Gasteiger partial charge in [0.2, 0.25) is 15.2 Å². The molecule has 3 aromatic rings. The van der Waals surface area contributed by atoms with Crippen LogP contribution in [0.5, 0.6) is 0 Å². The number of nitrogens with zero attached hydrogens (tertiary/aromatic N) is 4. The second kappa shape index (κ2) is 9.77. The number of sulfonamides is 1. The molecule has 1 heterocycles. The van der Waals surface area contributed by atoms with E-state index in [1.165, 1.54) is 34.0 Å². The molecule has 9 nitrogen and oxygen atoms in total. The summed E-state index contributed by atoms with van der Waals surface area (Å²) in [5.74, 6) is 0. The molecule has 0 spiro atoms. The molecule has 0 bridgehead atoms. The number of rotatable bonds is 9. The highest BCUT2D eigenvalue weighted by atomic mass is 32.2. The lowest BCUT2D eigenvalue weighted by Gasteiger charge is -2.18. The molecule has 0 unspecified atom stereocenters. The minimum Gasteiger partial charge on any atom is -0.258 e. The summed E-state index contributed by atoms with van der Waals surface area (Å²) in [6.45, 7) is 4.44. The average Bonchev–Trinajstić information content (AvgIpc) is 3.23. The third-order valence-electron chi connectivity index (χ3n) is 4.45. The van der Waals surface area contributed by atoms with Crippen LogP contribution in [-0.2, 0) is 10.0 Å². The lowest BCUT2D eigenvalue weighted by atomic mass is 10.2. The van der Waals surface area contributed by atoms with Crippen molar-refractivity contribution in [3.05, 3.63) is 69.6 Å². The van der Waals surface area contributed by atoms with Crippen molar-refractivity contribution in [2.75, 3.05) is 18.5 Å². The Morgan fingerprint density at radius 1 is 1.19 bits per heavy atom. The molecular formula is C20H21N5O4S2. The number of hydrazone groups is 1. The predicted octanol–water partition coefficient (Wildman–Crippen LogP) is 4.19. The third kappa shape index (κ3) is 5.32. The maximum absolute atomic E-state index is 12.6. The maximum atomic E-state index is 12.6. The van der Waals surface area contributed by atoms with E-state index in [2.05, 4.69) is 15.5 Å². The third-order valence-corrected chi connectivity index (χ3v) is 7.26. The monoisotopic (exact) mass is 459 g/mol. The van der Waals surface area contributed by atoms with Crippen molar-refractivity contribution < 1.29 is 13.3 Å². The summed E-state index contributed by atoms with van der Waals surface area (Å²) in [5.41, 5.74) is 4.85. The summed E-state index contributed by atoms with van der Waals surface area (Å²) in [4.78, 5) is 15.1. The maximum Gasteiger partial charge on any atom is 0.270 e. The van der Waals surface area contributed by atoms with Crippen LogP contribution in [-0.4, -0.2) is 41.9 Å². The Bertz CT molecular complexity index is 1190. The number of hydrogen-bond acceptors (Lipinski definition) is 8. The van der Waals surface area contributed by atoms with E-state index in [0.717, 1.165) is 5.56 Å². The van der Waals surface area contributed by atoms with Crippen LogP contribution in [0.3, 0.4) is 0 Å². The summed E-state index contributed by atoms with van der Waals surface area (Å²) in [6, 6.07) is 12.7. The van der Waals surface area contributed by atoms with Gasteiger partial charge in [-0.3, -0.25) is 15.5 Å². The Kier molecular flexibility index (Phi) is 7.10. The molecule has 1 N–H and O–H groups in total. The fraction of sp³-hybridized carbons (Fsp3) is 0.200. The number of nitro benzene ring substituents is 1. The van der Waals surface area contributed by atoms with Gasteiger partial charge in [0.05, 0.1) is 21.7 Å². The summed E-state index contributed by atoms with van der Waals surface area (Å²) in [6.07, 6.45) is 1.47. The zero-order chi connectivity index (χ0) is 22.4. The van der Waals surface area contributed by atoms with Crippen LogP contribution >= 0.6 is 11.3 Å². The molecule has 0 atom stereocenters. The first-order valence-corrected chi connectivity index (χ1v) is 11.8. The lowest BCUT2D eigenvalue weighted by Crippen LogP contribution is -2.30. The van der Waals surface area contributed by atoms with E-state index in [0.29, 0.717) is 29.5 Å². The van der Waals surface area contributed by atoms with E-state index < -0.39 is 14.9 Å². The number of hydrogen-bond donors (Lipinski definition) is 1. The molecule has 0 saturated carbocycles. The number of benzene rings is 2. The van der Waals surface area contributed by atoms with Crippen LogP contribution in [0.1, 0.15) is 19.4 Å². The van der Waals surface area contributed by atoms with E-state index in [1.54, 1.807) is 50.2 Å². The molecule has 162 valence electrons. The number of nitrogens with one attached hydrogen (secondary N) is 1. The average molecular weight is 460 g/mol. The quantitative estimate of drug-likeness (QED) is 0.291. The van der Waals surface area contributed by atoms with Gasteiger partial charge in [-0.2, -0.15) is 9.41 Å². The molecule has 31 heavy (non-hydrogen) atoms. The molecule has 0 aliphatic carbocycles. The first-order chi connectivity index (χ1) is 14.8. The SMILES string of the molecule is CCN(CC)S(=O)(=O)c1ccc(-c2csc(N/N=C\c3cccc([N+](=O)[O-])c3)n2)cc1. The Morgan fingerprint density at radius 2 is 1.90 bits per heavy atom. The van der Waals surface area contributed by atoms with E-state index in [-0.39, 0.29) is 10.6 Å². The summed E-state index contributed by atoms with van der Waals surface area (Å²) in [7, 11) is -3.50. The van der Waals surface area contributed by atoms with Gasteiger partial charge in [0.1, 0.15) is 0 Å². The van der Waals surface area contributed by atoms with Gasteiger partial charge in [-0.25, -0.2) is 13.4 Å². The number of thiazole rings is 1. The fourth-order valence-electron chi connectivity index (χ4n) is 2.85. The highest BCUT2D eigenvalue weighted by Gasteiger charge is 2.21. The molecule has 0 fully saturated rings. The molecule has 2 aromatic carbocycles. The number of anilines is 1. The highest BCUT2D eigenvalue weighted by Crippen LogP contribution is 2.26. The Labute approximate surface area is 184 Å².